The molecule has 0 spiro atoms. The van der Waals surface area contributed by atoms with E-state index in [2.05, 4.69) is 25.2 Å². The molecule has 0 aromatic carbocycles. The van der Waals surface area contributed by atoms with Crippen molar-refractivity contribution in [2.45, 2.75) is 6.42 Å². The number of ether oxygens (including phenoxy) is 1. The maximum Gasteiger partial charge on any atom is 0.311 e. The van der Waals surface area contributed by atoms with Crippen LogP contribution in [0.2, 0.25) is 0 Å². The number of nitrogens with one attached hydrogen (secondary N) is 2. The molecular formula is C14H12N4O3S2. The predicted molar refractivity (Wildman–Crippen MR) is 87.7 cm³/mol. The van der Waals surface area contributed by atoms with E-state index in [0.29, 0.717) is 10.8 Å². The van der Waals surface area contributed by atoms with Gasteiger partial charge in [-0.25, -0.2) is 4.98 Å². The Morgan fingerprint density at radius 3 is 3.00 bits per heavy atom. The van der Waals surface area contributed by atoms with Crippen molar-refractivity contribution in [2.75, 3.05) is 12.4 Å². The standard InChI is InChI=1S/C14H12N4O3S2/c1-21-12(19)5-8-7-23-14(15-8)16-13(20)10-6-9(17-18-10)11-3-2-4-22-11/h2-4,6-7H,5H2,1H3,(H,17,18)(H,15,16,20). The smallest absolute Gasteiger partial charge is 0.311 e. The second-order valence-electron chi connectivity index (χ2n) is 4.50. The summed E-state index contributed by atoms with van der Waals surface area (Å²) in [5, 5.41) is 13.6. The van der Waals surface area contributed by atoms with Gasteiger partial charge in [0.25, 0.3) is 5.91 Å². The minimum atomic E-state index is -0.374. The minimum Gasteiger partial charge on any atom is -0.469 e. The second-order valence-corrected chi connectivity index (χ2v) is 6.30. The third-order valence-electron chi connectivity index (χ3n) is 2.92. The van der Waals surface area contributed by atoms with Crippen LogP contribution in [0.15, 0.2) is 29.0 Å². The van der Waals surface area contributed by atoms with Gasteiger partial charge in [-0.2, -0.15) is 5.10 Å². The van der Waals surface area contributed by atoms with Crippen LogP contribution < -0.4 is 5.32 Å². The van der Waals surface area contributed by atoms with Gasteiger partial charge < -0.3 is 4.74 Å². The van der Waals surface area contributed by atoms with Crippen LogP contribution in [-0.4, -0.2) is 34.2 Å². The number of nitrogens with zero attached hydrogens (tertiary/aromatic N) is 2. The molecule has 7 nitrogen and oxygen atoms in total. The van der Waals surface area contributed by atoms with Crippen molar-refractivity contribution in [1.29, 1.82) is 0 Å². The fraction of sp³-hybridized carbons (Fsp3) is 0.143. The Hall–Kier alpha value is -2.52. The summed E-state index contributed by atoms with van der Waals surface area (Å²) in [6, 6.07) is 5.56. The second kappa shape index (κ2) is 6.71. The zero-order valence-electron chi connectivity index (χ0n) is 12.0. The highest BCUT2D eigenvalue weighted by Gasteiger charge is 2.14. The molecule has 3 heterocycles. The molecular weight excluding hydrogens is 336 g/mol. The van der Waals surface area contributed by atoms with Gasteiger partial charge in [0.1, 0.15) is 0 Å². The van der Waals surface area contributed by atoms with Gasteiger partial charge in [0.2, 0.25) is 0 Å². The van der Waals surface area contributed by atoms with Crippen LogP contribution in [0.25, 0.3) is 10.6 Å². The molecule has 3 aromatic rings. The van der Waals surface area contributed by atoms with E-state index >= 15 is 0 Å². The highest BCUT2D eigenvalue weighted by molar-refractivity contribution is 7.14. The summed E-state index contributed by atoms with van der Waals surface area (Å²) in [4.78, 5) is 28.5. The van der Waals surface area contributed by atoms with Crippen molar-refractivity contribution in [2.24, 2.45) is 0 Å². The van der Waals surface area contributed by atoms with Crippen molar-refractivity contribution < 1.29 is 14.3 Å². The summed E-state index contributed by atoms with van der Waals surface area (Å²) >= 11 is 2.80. The van der Waals surface area contributed by atoms with E-state index in [1.165, 1.54) is 18.4 Å². The number of esters is 1. The van der Waals surface area contributed by atoms with E-state index < -0.39 is 0 Å². The highest BCUT2D eigenvalue weighted by atomic mass is 32.1. The Morgan fingerprint density at radius 2 is 2.26 bits per heavy atom. The molecule has 0 fully saturated rings. The average Bonchev–Trinajstić information content (AvgIpc) is 3.28. The molecule has 0 atom stereocenters. The quantitative estimate of drug-likeness (QED) is 0.691. The number of thiophene rings is 1. The first-order valence-corrected chi connectivity index (χ1v) is 8.33. The van der Waals surface area contributed by atoms with Gasteiger partial charge in [-0.1, -0.05) is 6.07 Å². The van der Waals surface area contributed by atoms with Gasteiger partial charge in [0.15, 0.2) is 10.8 Å². The van der Waals surface area contributed by atoms with Crippen LogP contribution in [0.3, 0.4) is 0 Å². The highest BCUT2D eigenvalue weighted by Crippen LogP contribution is 2.23. The van der Waals surface area contributed by atoms with E-state index in [1.807, 2.05) is 17.5 Å². The van der Waals surface area contributed by atoms with Gasteiger partial charge in [-0.15, -0.1) is 22.7 Å². The largest absolute Gasteiger partial charge is 0.469 e. The van der Waals surface area contributed by atoms with Gasteiger partial charge in [0.05, 0.1) is 29.8 Å². The topological polar surface area (TPSA) is 97.0 Å². The number of aromatic nitrogens is 3. The summed E-state index contributed by atoms with van der Waals surface area (Å²) in [5.41, 5.74) is 1.62. The lowest BCUT2D eigenvalue weighted by Gasteiger charge is -1.97. The van der Waals surface area contributed by atoms with Crippen LogP contribution in [0, 0.1) is 0 Å². The molecule has 0 aliphatic carbocycles. The van der Waals surface area contributed by atoms with Crippen LogP contribution in [0.1, 0.15) is 16.2 Å². The molecule has 9 heteroatoms. The Morgan fingerprint density at radius 1 is 1.39 bits per heavy atom. The van der Waals surface area contributed by atoms with E-state index in [-0.39, 0.29) is 24.0 Å². The van der Waals surface area contributed by atoms with Crippen molar-refractivity contribution in [1.82, 2.24) is 15.2 Å². The SMILES string of the molecule is COC(=O)Cc1csc(NC(=O)c2cc(-c3cccs3)[nH]n2)n1. The van der Waals surface area contributed by atoms with Crippen LogP contribution >= 0.6 is 22.7 Å². The normalized spacial score (nSPS) is 10.5. The van der Waals surface area contributed by atoms with Crippen LogP contribution in [0.4, 0.5) is 5.13 Å². The van der Waals surface area contributed by atoms with Crippen molar-refractivity contribution >= 4 is 39.7 Å². The Kier molecular flexibility index (Phi) is 4.49. The first kappa shape index (κ1) is 15.4. The lowest BCUT2D eigenvalue weighted by atomic mass is 10.3. The number of H-pyrrole nitrogens is 1. The summed E-state index contributed by atoms with van der Waals surface area (Å²) in [5.74, 6) is -0.732. The molecule has 0 radical (unpaired) electrons. The zero-order chi connectivity index (χ0) is 16.2. The fourth-order valence-corrected chi connectivity index (χ4v) is 3.22. The molecule has 3 aromatic heterocycles. The maximum atomic E-state index is 12.2. The number of hydrogen-bond donors (Lipinski definition) is 2. The number of amides is 1. The van der Waals surface area contributed by atoms with E-state index in [4.69, 9.17) is 0 Å². The van der Waals surface area contributed by atoms with E-state index in [9.17, 15) is 9.59 Å². The molecule has 0 bridgehead atoms. The number of hydrogen-bond acceptors (Lipinski definition) is 7. The minimum absolute atomic E-state index is 0.0772. The van der Waals surface area contributed by atoms with Gasteiger partial charge >= 0.3 is 5.97 Å². The lowest BCUT2D eigenvalue weighted by molar-refractivity contribution is -0.139. The van der Waals surface area contributed by atoms with Crippen molar-refractivity contribution in [3.8, 4) is 10.6 Å². The molecule has 1 amide bonds. The number of anilines is 1. The predicted octanol–water partition coefficient (Wildman–Crippen LogP) is 2.56. The molecule has 2 N–H and O–H groups in total. The molecule has 118 valence electrons. The molecule has 0 aliphatic heterocycles. The Bertz CT molecular complexity index is 823. The molecule has 0 saturated heterocycles. The molecule has 0 aliphatic rings. The third-order valence-corrected chi connectivity index (χ3v) is 4.63. The van der Waals surface area contributed by atoms with Gasteiger partial charge in [0, 0.05) is 5.38 Å². The first-order chi connectivity index (χ1) is 11.2. The maximum absolute atomic E-state index is 12.2. The number of aromatic amines is 1. The van der Waals surface area contributed by atoms with Crippen molar-refractivity contribution in [3.63, 3.8) is 0 Å². The number of thiazole rings is 1. The average molecular weight is 348 g/mol. The summed E-state index contributed by atoms with van der Waals surface area (Å²) in [6.07, 6.45) is 0.0772. The zero-order valence-corrected chi connectivity index (χ0v) is 13.7. The fourth-order valence-electron chi connectivity index (χ4n) is 1.82. The van der Waals surface area contributed by atoms with E-state index in [1.54, 1.807) is 22.8 Å². The summed E-state index contributed by atoms with van der Waals surface area (Å²) < 4.78 is 4.58. The van der Waals surface area contributed by atoms with Gasteiger partial charge in [-0.3, -0.25) is 20.0 Å². The molecule has 0 unspecified atom stereocenters. The van der Waals surface area contributed by atoms with Crippen LogP contribution in [-0.2, 0) is 16.0 Å². The summed E-state index contributed by atoms with van der Waals surface area (Å²) in [6.45, 7) is 0. The monoisotopic (exact) mass is 348 g/mol. The summed E-state index contributed by atoms with van der Waals surface area (Å²) in [7, 11) is 1.32. The first-order valence-electron chi connectivity index (χ1n) is 6.57. The molecule has 0 saturated carbocycles. The number of methoxy groups -OCH3 is 1. The molecule has 3 rings (SSSR count). The number of carbonyl (C=O) groups is 2. The Balaban J connectivity index is 1.66. The van der Waals surface area contributed by atoms with E-state index in [0.717, 1.165) is 10.6 Å². The lowest BCUT2D eigenvalue weighted by Crippen LogP contribution is -2.12. The van der Waals surface area contributed by atoms with Gasteiger partial charge in [-0.05, 0) is 17.5 Å². The number of rotatable bonds is 5. The Labute approximate surface area is 139 Å². The molecule has 23 heavy (non-hydrogen) atoms. The third kappa shape index (κ3) is 3.63. The van der Waals surface area contributed by atoms with Crippen LogP contribution in [0.5, 0.6) is 0 Å². The number of carbonyl (C=O) groups excluding carboxylic acids is 2. The van der Waals surface area contributed by atoms with Crippen molar-refractivity contribution in [3.05, 3.63) is 40.3 Å².